The highest BCUT2D eigenvalue weighted by Gasteiger charge is 2.78. The van der Waals surface area contributed by atoms with Crippen LogP contribution in [0.3, 0.4) is 0 Å². The van der Waals surface area contributed by atoms with Crippen LogP contribution < -0.4 is 5.32 Å². The van der Waals surface area contributed by atoms with Gasteiger partial charge in [-0.1, -0.05) is 209 Å². The summed E-state index contributed by atoms with van der Waals surface area (Å²) in [5.74, 6) is -9.10. The number of nitrogens with one attached hydrogen (secondary N) is 1. The predicted molar refractivity (Wildman–Crippen MR) is 341 cm³/mol. The minimum absolute atomic E-state index is 0.0306. The Hall–Kier alpha value is -6.80. The van der Waals surface area contributed by atoms with Gasteiger partial charge in [0.25, 0.3) is 5.91 Å². The highest BCUT2D eigenvalue weighted by Crippen LogP contribution is 2.64. The number of ether oxygens (including phenoxy) is 8. The summed E-state index contributed by atoms with van der Waals surface area (Å²) in [4.78, 5) is 114. The van der Waals surface area contributed by atoms with Gasteiger partial charge in [0.15, 0.2) is 17.5 Å². The number of benzene rings is 3. The van der Waals surface area contributed by atoms with Crippen LogP contribution in [-0.4, -0.2) is 132 Å². The monoisotopic (exact) mass is 1280 g/mol. The molecule has 1 heterocycles. The Bertz CT molecular complexity index is 2970. The summed E-state index contributed by atoms with van der Waals surface area (Å²) >= 11 is 0. The molecule has 11 atom stereocenters. The van der Waals surface area contributed by atoms with E-state index in [2.05, 4.69) is 12.2 Å². The number of aliphatic hydroxyl groups excluding tert-OH is 1. The molecule has 1 aliphatic heterocycles. The van der Waals surface area contributed by atoms with Gasteiger partial charge in [0.05, 0.1) is 36.2 Å². The number of hydrogen-bond acceptors (Lipinski definition) is 18. The molecule has 3 aromatic carbocycles. The Balaban J connectivity index is 1.07. The molecular weight excluding hydrogens is 1180 g/mol. The van der Waals surface area contributed by atoms with Gasteiger partial charge >= 0.3 is 35.8 Å². The summed E-state index contributed by atoms with van der Waals surface area (Å²) < 4.78 is 47.9. The highest BCUT2D eigenvalue weighted by molar-refractivity contribution is 5.96. The Morgan fingerprint density at radius 3 is 1.67 bits per heavy atom. The number of esters is 6. The lowest BCUT2D eigenvalue weighted by Crippen LogP contribution is -2.82. The van der Waals surface area contributed by atoms with E-state index in [9.17, 15) is 39.0 Å². The largest absolute Gasteiger partial charge is 0.464 e. The van der Waals surface area contributed by atoms with Gasteiger partial charge in [-0.2, -0.15) is 0 Å². The van der Waals surface area contributed by atoms with Crippen LogP contribution in [-0.2, 0) is 66.7 Å². The number of ketones is 1. The number of Topliss-reactive ketones (excluding diaryl/α,β-unsaturated/α-hetero) is 1. The topological polar surface area (TPSA) is 263 Å². The molecule has 19 heteroatoms. The Morgan fingerprint density at radius 1 is 0.652 bits per heavy atom. The van der Waals surface area contributed by atoms with E-state index in [1.165, 1.54) is 141 Å². The fourth-order valence-electron chi connectivity index (χ4n) is 14.3. The summed E-state index contributed by atoms with van der Waals surface area (Å²) in [5, 5.41) is 29.2. The van der Waals surface area contributed by atoms with E-state index >= 15 is 9.59 Å². The van der Waals surface area contributed by atoms with Crippen molar-refractivity contribution < 1.29 is 86.5 Å². The molecule has 0 radical (unpaired) electrons. The van der Waals surface area contributed by atoms with Gasteiger partial charge in [-0.25, -0.2) is 19.2 Å². The van der Waals surface area contributed by atoms with E-state index in [4.69, 9.17) is 37.9 Å². The first-order valence-electron chi connectivity index (χ1n) is 33.5. The van der Waals surface area contributed by atoms with Gasteiger partial charge in [0, 0.05) is 37.7 Å². The number of carbonyl (C=O) groups is 8. The van der Waals surface area contributed by atoms with E-state index in [1.54, 1.807) is 80.6 Å². The van der Waals surface area contributed by atoms with E-state index in [0.29, 0.717) is 6.42 Å². The molecule has 4 aliphatic rings. The maximum absolute atomic E-state index is 15.9. The molecule has 3 N–H and O–H groups in total. The normalized spacial score (nSPS) is 25.2. The quantitative estimate of drug-likeness (QED) is 0.0211. The second-order valence-electron chi connectivity index (χ2n) is 26.3. The average Bonchev–Trinajstić information content (AvgIpc) is 0.671. The Labute approximate surface area is 542 Å². The molecule has 3 aromatic rings. The molecule has 3 aliphatic carbocycles. The fourth-order valence-corrected chi connectivity index (χ4v) is 14.3. The van der Waals surface area contributed by atoms with Crippen molar-refractivity contribution in [2.45, 2.75) is 244 Å². The Morgan fingerprint density at radius 2 is 1.16 bits per heavy atom. The molecular formula is C73H99NO18. The van der Waals surface area contributed by atoms with Crippen molar-refractivity contribution in [3.63, 3.8) is 0 Å². The standard InChI is InChI=1S/C73H99NO18/c1-8-9-10-11-12-13-14-15-16-17-18-19-20-21-22-23-24-25-26-36-43-86-58(78)46-85-47-59(79)90-63(61(52-37-30-27-31-38-52)74-67(81)53-39-32-28-33-40-53)69(83)89-55-45-73(84)66(91-68(82)54-41-34-29-35-42-54)64-71(7,56(77)44-57-72(64,48-87-57)92-51(4)76)65(80)62(88-50(3)75)60(49(55)2)70(73,5)6/h27-35,37-42,55-57,61-64,66,77,84H,8-26,36,43-48H2,1-7H3,(H,74,81)/t55-,56-,57+,61-,62+,63+,64-,66-,71+,72-,73+/m0/s1. The van der Waals surface area contributed by atoms with Crippen LogP contribution >= 0.6 is 0 Å². The molecule has 1 saturated heterocycles. The molecule has 1 amide bonds. The van der Waals surface area contributed by atoms with Gasteiger partial charge in [-0.3, -0.25) is 19.2 Å². The maximum atomic E-state index is 15.9. The molecule has 19 nitrogen and oxygen atoms in total. The minimum Gasteiger partial charge on any atom is -0.464 e. The van der Waals surface area contributed by atoms with Gasteiger partial charge in [0.2, 0.25) is 6.10 Å². The molecule has 0 unspecified atom stereocenters. The molecule has 0 spiro atoms. The van der Waals surface area contributed by atoms with E-state index in [0.717, 1.165) is 33.1 Å². The smallest absolute Gasteiger partial charge is 0.350 e. The lowest BCUT2D eigenvalue weighted by atomic mass is 9.44. The SMILES string of the molecule is CCCCCCCCCCCCCCCCCCCCCCOC(=O)COCC(=O)O[C@@H](C(=O)O[C@H]1C[C@@]2(O)[C@@H](OC(=O)c3ccccc3)[C@@H]3[C@]4(OC(C)=O)CO[C@@H]4C[C@H](O)[C@@]3(C)C(=O)[C@H](OC(C)=O)C(=C1C)C2(C)C)[C@@H](NC(=O)c1ccccc1)c1ccccc1. The third kappa shape index (κ3) is 17.9. The number of rotatable bonds is 36. The number of carbonyl (C=O) groups excluding carboxylic acids is 8. The van der Waals surface area contributed by atoms with Gasteiger partial charge in [0.1, 0.15) is 43.2 Å². The lowest BCUT2D eigenvalue weighted by molar-refractivity contribution is -0.346. The fraction of sp³-hybridized carbons (Fsp3) is 0.616. The highest BCUT2D eigenvalue weighted by atomic mass is 16.6. The van der Waals surface area contributed by atoms with Gasteiger partial charge in [-0.05, 0) is 61.2 Å². The third-order valence-electron chi connectivity index (χ3n) is 19.4. The van der Waals surface area contributed by atoms with Crippen LogP contribution in [0.4, 0.5) is 0 Å². The molecule has 7 rings (SSSR count). The predicted octanol–water partition coefficient (Wildman–Crippen LogP) is 11.7. The average molecular weight is 1280 g/mol. The van der Waals surface area contributed by atoms with Crippen LogP contribution in [0.2, 0.25) is 0 Å². The summed E-state index contributed by atoms with van der Waals surface area (Å²) in [5.41, 5.74) is -7.72. The summed E-state index contributed by atoms with van der Waals surface area (Å²) in [6.45, 7) is 8.77. The molecule has 3 fully saturated rings. The molecule has 0 aromatic heterocycles. The number of unbranched alkanes of at least 4 members (excludes halogenated alkanes) is 19. The van der Waals surface area contributed by atoms with Crippen LogP contribution in [0.1, 0.15) is 222 Å². The zero-order valence-corrected chi connectivity index (χ0v) is 55.1. The second-order valence-corrected chi connectivity index (χ2v) is 26.3. The Kier molecular flexibility index (Phi) is 27.1. The third-order valence-corrected chi connectivity index (χ3v) is 19.4. The van der Waals surface area contributed by atoms with Crippen LogP contribution in [0, 0.1) is 16.7 Å². The summed E-state index contributed by atoms with van der Waals surface area (Å²) in [7, 11) is 0. The summed E-state index contributed by atoms with van der Waals surface area (Å²) in [6.07, 6.45) is 13.7. The van der Waals surface area contributed by atoms with Crippen molar-refractivity contribution in [3.05, 3.63) is 119 Å². The zero-order valence-electron chi connectivity index (χ0n) is 55.1. The first-order chi connectivity index (χ1) is 44.1. The summed E-state index contributed by atoms with van der Waals surface area (Å²) in [6, 6.07) is 22.5. The van der Waals surface area contributed by atoms with Crippen molar-refractivity contribution in [1.82, 2.24) is 5.32 Å². The first kappa shape index (κ1) is 72.6. The van der Waals surface area contributed by atoms with Crippen LogP contribution in [0.15, 0.2) is 102 Å². The molecule has 2 saturated carbocycles. The van der Waals surface area contributed by atoms with E-state index < -0.39 is 138 Å². The second kappa shape index (κ2) is 34.4. The first-order valence-corrected chi connectivity index (χ1v) is 33.5. The van der Waals surface area contributed by atoms with E-state index in [1.807, 2.05) is 0 Å². The van der Waals surface area contributed by atoms with Crippen molar-refractivity contribution in [3.8, 4) is 0 Å². The molecule has 504 valence electrons. The maximum Gasteiger partial charge on any atom is 0.350 e. The number of hydrogen-bond donors (Lipinski definition) is 3. The van der Waals surface area contributed by atoms with Crippen LogP contribution in [0.25, 0.3) is 0 Å². The molecule has 92 heavy (non-hydrogen) atoms. The van der Waals surface area contributed by atoms with Gasteiger partial charge in [-0.15, -0.1) is 0 Å². The lowest BCUT2D eigenvalue weighted by Gasteiger charge is -2.67. The van der Waals surface area contributed by atoms with E-state index in [-0.39, 0.29) is 47.5 Å². The number of fused-ring (bicyclic) bond motifs is 5. The minimum atomic E-state index is -2.51. The van der Waals surface area contributed by atoms with Crippen molar-refractivity contribution in [1.29, 1.82) is 0 Å². The van der Waals surface area contributed by atoms with Crippen molar-refractivity contribution in [2.75, 3.05) is 26.4 Å². The zero-order chi connectivity index (χ0) is 66.5. The van der Waals surface area contributed by atoms with Crippen molar-refractivity contribution >= 4 is 47.5 Å². The van der Waals surface area contributed by atoms with Crippen LogP contribution in [0.5, 0.6) is 0 Å². The molecule has 2 bridgehead atoms. The number of amides is 1. The van der Waals surface area contributed by atoms with Gasteiger partial charge < -0.3 is 53.4 Å². The van der Waals surface area contributed by atoms with Crippen molar-refractivity contribution in [2.24, 2.45) is 16.7 Å². The number of aliphatic hydroxyl groups is 2.